The van der Waals surface area contributed by atoms with Crippen molar-refractivity contribution in [1.29, 1.82) is 0 Å². The molecular weight excluding hydrogens is 456 g/mol. The summed E-state index contributed by atoms with van der Waals surface area (Å²) in [6.07, 6.45) is 1.99. The maximum Gasteiger partial charge on any atom is 0.342 e. The van der Waals surface area contributed by atoms with E-state index in [0.717, 1.165) is 11.4 Å². The Labute approximate surface area is 214 Å². The molecule has 0 unspecified atom stereocenters. The van der Waals surface area contributed by atoms with Crippen molar-refractivity contribution in [3.63, 3.8) is 0 Å². The zero-order valence-electron chi connectivity index (χ0n) is 22.4. The maximum atomic E-state index is 13.7. The van der Waals surface area contributed by atoms with Gasteiger partial charge in [0.05, 0.1) is 12.2 Å². The molecule has 0 N–H and O–H groups in total. The molecule has 7 heteroatoms. The number of hydrogen-bond donors (Lipinski definition) is 0. The summed E-state index contributed by atoms with van der Waals surface area (Å²) in [5.74, 6) is -2.38. The highest BCUT2D eigenvalue weighted by atomic mass is 16.5. The Bertz CT molecular complexity index is 1040. The minimum Gasteiger partial charge on any atom is -0.459 e. The molecule has 0 aliphatic carbocycles. The number of nitrogens with zero attached hydrogens (tertiary/aromatic N) is 2. The van der Waals surface area contributed by atoms with Crippen LogP contribution in [0, 0.1) is 0 Å². The standard InChI is InChI=1S/C29H36N2O5/c1-19(2)35-28(33)25(17-21-9-13-23(14-10-21)30(5)6)27(32)26(29(34)36-20(3)4)18-22-11-15-24(16-12-22)31(7)8/h9-20H,1-8H3. The van der Waals surface area contributed by atoms with Gasteiger partial charge < -0.3 is 19.3 Å². The van der Waals surface area contributed by atoms with Crippen LogP contribution in [0.2, 0.25) is 0 Å². The lowest BCUT2D eigenvalue weighted by Crippen LogP contribution is -2.25. The first kappa shape index (κ1) is 28.4. The van der Waals surface area contributed by atoms with Crippen molar-refractivity contribution in [3.05, 3.63) is 70.8 Å². The van der Waals surface area contributed by atoms with Gasteiger partial charge >= 0.3 is 11.9 Å². The van der Waals surface area contributed by atoms with Crippen LogP contribution in [0.3, 0.4) is 0 Å². The summed E-state index contributed by atoms with van der Waals surface area (Å²) < 4.78 is 10.7. The molecule has 0 heterocycles. The highest BCUT2D eigenvalue weighted by molar-refractivity contribution is 6.36. The number of ketones is 1. The first-order valence-corrected chi connectivity index (χ1v) is 11.8. The summed E-state index contributed by atoms with van der Waals surface area (Å²) >= 11 is 0. The molecule has 192 valence electrons. The van der Waals surface area contributed by atoms with Crippen LogP contribution in [0.4, 0.5) is 11.4 Å². The fourth-order valence-corrected chi connectivity index (χ4v) is 3.21. The van der Waals surface area contributed by atoms with Crippen molar-refractivity contribution in [2.45, 2.75) is 39.9 Å². The number of esters is 2. The third-order valence-corrected chi connectivity index (χ3v) is 5.06. The van der Waals surface area contributed by atoms with Crippen LogP contribution in [0.5, 0.6) is 0 Å². The lowest BCUT2D eigenvalue weighted by Gasteiger charge is -2.15. The number of hydrogen-bond acceptors (Lipinski definition) is 7. The molecule has 7 nitrogen and oxygen atoms in total. The van der Waals surface area contributed by atoms with E-state index in [2.05, 4.69) is 0 Å². The van der Waals surface area contributed by atoms with Crippen LogP contribution < -0.4 is 9.80 Å². The Morgan fingerprint density at radius 3 is 1.17 bits per heavy atom. The highest BCUT2D eigenvalue weighted by Gasteiger charge is 2.29. The average Bonchev–Trinajstić information content (AvgIpc) is 2.80. The molecule has 36 heavy (non-hydrogen) atoms. The van der Waals surface area contributed by atoms with Gasteiger partial charge in [0.2, 0.25) is 5.78 Å². The predicted octanol–water partition coefficient (Wildman–Crippen LogP) is 4.76. The van der Waals surface area contributed by atoms with Crippen LogP contribution >= 0.6 is 0 Å². The SMILES string of the molecule is CC(C)OC(=O)C(=Cc1ccc(N(C)C)cc1)C(=O)C(=Cc1ccc(N(C)C)cc1)C(=O)OC(C)C. The van der Waals surface area contributed by atoms with Gasteiger partial charge in [-0.05, 0) is 75.2 Å². The zero-order chi connectivity index (χ0) is 27.0. The van der Waals surface area contributed by atoms with Gasteiger partial charge in [-0.2, -0.15) is 0 Å². The van der Waals surface area contributed by atoms with Gasteiger partial charge in [0.15, 0.2) is 0 Å². The summed E-state index contributed by atoms with van der Waals surface area (Å²) in [5, 5.41) is 0. The molecule has 0 radical (unpaired) electrons. The summed E-state index contributed by atoms with van der Waals surface area (Å²) in [7, 11) is 7.68. The third kappa shape index (κ3) is 8.12. The Hall–Kier alpha value is -3.87. The number of carbonyl (C=O) groups is 3. The van der Waals surface area contributed by atoms with Crippen molar-refractivity contribution in [2.24, 2.45) is 0 Å². The molecule has 2 aromatic carbocycles. The van der Waals surface area contributed by atoms with Gasteiger partial charge in [-0.1, -0.05) is 24.3 Å². The highest BCUT2D eigenvalue weighted by Crippen LogP contribution is 2.21. The molecule has 0 aliphatic rings. The molecule has 0 fully saturated rings. The van der Waals surface area contributed by atoms with Gasteiger partial charge in [-0.3, -0.25) is 4.79 Å². The lowest BCUT2D eigenvalue weighted by atomic mass is 9.98. The normalized spacial score (nSPS) is 11.9. The smallest absolute Gasteiger partial charge is 0.342 e. The molecule has 0 atom stereocenters. The van der Waals surface area contributed by atoms with Gasteiger partial charge in [0, 0.05) is 39.6 Å². The van der Waals surface area contributed by atoms with E-state index in [1.54, 1.807) is 52.0 Å². The topological polar surface area (TPSA) is 76.2 Å². The first-order chi connectivity index (χ1) is 16.9. The Morgan fingerprint density at radius 2 is 0.917 bits per heavy atom. The van der Waals surface area contributed by atoms with Gasteiger partial charge in [-0.25, -0.2) is 9.59 Å². The molecule has 0 aromatic heterocycles. The molecular formula is C29H36N2O5. The fourth-order valence-electron chi connectivity index (χ4n) is 3.21. The van der Waals surface area contributed by atoms with Crippen molar-refractivity contribution < 1.29 is 23.9 Å². The molecule has 2 aromatic rings. The Kier molecular flexibility index (Phi) is 10.0. The van der Waals surface area contributed by atoms with E-state index in [1.165, 1.54) is 12.2 Å². The fraction of sp³-hybridized carbons (Fsp3) is 0.345. The molecule has 0 bridgehead atoms. The maximum absolute atomic E-state index is 13.7. The predicted molar refractivity (Wildman–Crippen MR) is 145 cm³/mol. The summed E-state index contributed by atoms with van der Waals surface area (Å²) in [6, 6.07) is 14.7. The molecule has 0 saturated carbocycles. The third-order valence-electron chi connectivity index (χ3n) is 5.06. The van der Waals surface area contributed by atoms with Crippen molar-refractivity contribution in [1.82, 2.24) is 0 Å². The van der Waals surface area contributed by atoms with E-state index in [4.69, 9.17) is 9.47 Å². The van der Waals surface area contributed by atoms with Crippen molar-refractivity contribution in [3.8, 4) is 0 Å². The van der Waals surface area contributed by atoms with Crippen LogP contribution in [0.15, 0.2) is 59.7 Å². The van der Waals surface area contributed by atoms with E-state index >= 15 is 0 Å². The molecule has 2 rings (SSSR count). The van der Waals surface area contributed by atoms with Crippen LogP contribution in [0.1, 0.15) is 38.8 Å². The number of carbonyl (C=O) groups excluding carboxylic acids is 3. The Morgan fingerprint density at radius 1 is 0.611 bits per heavy atom. The van der Waals surface area contributed by atoms with Gasteiger partial charge in [0.25, 0.3) is 0 Å². The second-order valence-corrected chi connectivity index (χ2v) is 9.33. The van der Waals surface area contributed by atoms with E-state index in [1.807, 2.05) is 62.3 Å². The minimum absolute atomic E-state index is 0.252. The van der Waals surface area contributed by atoms with E-state index in [9.17, 15) is 14.4 Å². The van der Waals surface area contributed by atoms with E-state index < -0.39 is 29.9 Å². The van der Waals surface area contributed by atoms with Crippen molar-refractivity contribution >= 4 is 41.2 Å². The number of rotatable bonds is 10. The lowest BCUT2D eigenvalue weighted by molar-refractivity contribution is -0.144. The number of Topliss-reactive ketones (excluding diaryl/α,β-unsaturated/α-hetero) is 1. The van der Waals surface area contributed by atoms with Crippen LogP contribution in [0.25, 0.3) is 12.2 Å². The Balaban J connectivity index is 2.59. The molecule has 0 spiro atoms. The quantitative estimate of drug-likeness (QED) is 0.205. The largest absolute Gasteiger partial charge is 0.459 e. The monoisotopic (exact) mass is 492 g/mol. The summed E-state index contributed by atoms with van der Waals surface area (Å²) in [6.45, 7) is 6.79. The van der Waals surface area contributed by atoms with Gasteiger partial charge in [-0.15, -0.1) is 0 Å². The second-order valence-electron chi connectivity index (χ2n) is 9.33. The van der Waals surface area contributed by atoms with E-state index in [0.29, 0.717) is 11.1 Å². The average molecular weight is 493 g/mol. The molecule has 0 amide bonds. The number of ether oxygens (including phenoxy) is 2. The first-order valence-electron chi connectivity index (χ1n) is 11.8. The number of anilines is 2. The van der Waals surface area contributed by atoms with Gasteiger partial charge in [0.1, 0.15) is 11.1 Å². The van der Waals surface area contributed by atoms with Crippen molar-refractivity contribution in [2.75, 3.05) is 38.0 Å². The minimum atomic E-state index is -0.808. The van der Waals surface area contributed by atoms with Crippen LogP contribution in [-0.2, 0) is 23.9 Å². The molecule has 0 saturated heterocycles. The summed E-state index contributed by atoms with van der Waals surface area (Å²) in [4.78, 5) is 43.6. The zero-order valence-corrected chi connectivity index (χ0v) is 22.4. The van der Waals surface area contributed by atoms with E-state index in [-0.39, 0.29) is 11.1 Å². The second kappa shape index (κ2) is 12.7. The number of benzene rings is 2. The van der Waals surface area contributed by atoms with Crippen LogP contribution in [-0.4, -0.2) is 58.1 Å². The molecule has 0 aliphatic heterocycles. The summed E-state index contributed by atoms with van der Waals surface area (Å²) in [5.41, 5.74) is 2.67.